The molecule has 1 nitrogen and oxygen atoms in total. The van der Waals surface area contributed by atoms with Gasteiger partial charge in [0.2, 0.25) is 0 Å². The van der Waals surface area contributed by atoms with E-state index >= 15 is 0 Å². The van der Waals surface area contributed by atoms with Gasteiger partial charge in [-0.3, -0.25) is 0 Å². The Hall–Kier alpha value is -1.04. The standard InChI is InChI=1S/C7H16O.CH4.Rf/c1-6(2)4-7(3)5-8;;/h6-8H,4-5H2,1-3H3;1H4;. The summed E-state index contributed by atoms with van der Waals surface area (Å²) in [4.78, 5) is 0. The van der Waals surface area contributed by atoms with Gasteiger partial charge in [-0.05, 0) is 18.3 Å². The average Bonchev–Trinajstić information content (AvgIpc) is 1.65. The summed E-state index contributed by atoms with van der Waals surface area (Å²) in [5, 5.41) is 8.58. The van der Waals surface area contributed by atoms with E-state index in [1.54, 1.807) is 0 Å². The van der Waals surface area contributed by atoms with Crippen LogP contribution < -0.4 is 0 Å². The number of rotatable bonds is 3. The minimum atomic E-state index is 0. The fourth-order valence-electron chi connectivity index (χ4n) is 0.879. The van der Waals surface area contributed by atoms with Crippen molar-refractivity contribution < 1.29 is 5.11 Å². The van der Waals surface area contributed by atoms with Gasteiger partial charge in [-0.25, -0.2) is 0 Å². The van der Waals surface area contributed by atoms with Gasteiger partial charge in [0, 0.05) is 6.61 Å². The van der Waals surface area contributed by atoms with Crippen LogP contribution in [0.3, 0.4) is 0 Å². The molecule has 0 aliphatic rings. The van der Waals surface area contributed by atoms with Crippen LogP contribution in [0.1, 0.15) is 34.6 Å². The van der Waals surface area contributed by atoms with Gasteiger partial charge >= 0.3 is 0 Å². The van der Waals surface area contributed by atoms with Gasteiger partial charge < -0.3 is 5.11 Å². The minimum absolute atomic E-state index is 0. The van der Waals surface area contributed by atoms with Crippen molar-refractivity contribution in [2.45, 2.75) is 34.6 Å². The maximum Gasteiger partial charge on any atom is 0.0456 e. The van der Waals surface area contributed by atoms with Crippen molar-refractivity contribution in [3.05, 3.63) is 0 Å². The molecule has 1 unspecified atom stereocenters. The zero-order valence-electron chi connectivity index (χ0n) is 6.72. The van der Waals surface area contributed by atoms with Crippen LogP contribution in [0.25, 0.3) is 0 Å². The molecule has 0 rings (SSSR count). The van der Waals surface area contributed by atoms with Crippen molar-refractivity contribution in [2.75, 3.05) is 6.61 Å². The topological polar surface area (TPSA) is 20.2 Å². The fourth-order valence-corrected chi connectivity index (χ4v) is 0.879. The molecule has 10 heavy (non-hydrogen) atoms. The second kappa shape index (κ2) is 7.96. The summed E-state index contributed by atoms with van der Waals surface area (Å²) in [6.45, 7) is 6.75. The maximum atomic E-state index is 8.58. The normalized spacial score (nSPS) is 11.7. The third-order valence-corrected chi connectivity index (χ3v) is 1.19. The minimum Gasteiger partial charge on any atom is -0.396 e. The molecule has 60 valence electrons. The second-order valence-corrected chi connectivity index (χ2v) is 2.92. The summed E-state index contributed by atoms with van der Waals surface area (Å²) in [7, 11) is 0. The molecule has 0 aliphatic carbocycles. The van der Waals surface area contributed by atoms with Crippen molar-refractivity contribution in [3.63, 3.8) is 0 Å². The number of aliphatic hydroxyl groups excluding tert-OH is 1. The molecule has 0 bridgehead atoms. The summed E-state index contributed by atoms with van der Waals surface area (Å²) >= 11 is 0. The van der Waals surface area contributed by atoms with Crippen molar-refractivity contribution in [2.24, 2.45) is 11.8 Å². The Balaban J connectivity index is -0.000000245. The first-order chi connectivity index (χ1) is 3.66. The van der Waals surface area contributed by atoms with Gasteiger partial charge in [-0.2, -0.15) is 0 Å². The molecule has 0 spiro atoms. The predicted octanol–water partition coefficient (Wildman–Crippen LogP) is 2.30. The Morgan fingerprint density at radius 3 is 1.70 bits per heavy atom. The Kier molecular flexibility index (Phi) is 12.7. The molecule has 0 amide bonds. The predicted molar refractivity (Wildman–Crippen MR) is 42.4 cm³/mol. The molecule has 0 aromatic carbocycles. The molecule has 0 saturated carbocycles. The third-order valence-electron chi connectivity index (χ3n) is 1.19. The number of hydrogen-bond acceptors (Lipinski definition) is 1. The van der Waals surface area contributed by atoms with Gasteiger partial charge in [-0.1, -0.05) is 28.2 Å². The van der Waals surface area contributed by atoms with Crippen LogP contribution in [-0.4, -0.2) is 11.7 Å². The van der Waals surface area contributed by atoms with E-state index in [1.165, 1.54) is 0 Å². The molecule has 0 aromatic heterocycles. The van der Waals surface area contributed by atoms with E-state index in [-0.39, 0.29) is 7.43 Å². The molecule has 0 fully saturated rings. The molecule has 0 aromatic rings. The van der Waals surface area contributed by atoms with Crippen LogP contribution in [0.4, 0.5) is 0 Å². The third kappa shape index (κ3) is 10.0. The summed E-state index contributed by atoms with van der Waals surface area (Å²) < 4.78 is 0. The summed E-state index contributed by atoms with van der Waals surface area (Å²) in [5.74, 6) is 1.20. The van der Waals surface area contributed by atoms with Crippen LogP contribution >= 0.6 is 0 Å². The van der Waals surface area contributed by atoms with Crippen LogP contribution in [0, 0.1) is 11.8 Å². The van der Waals surface area contributed by atoms with E-state index in [0.717, 1.165) is 12.3 Å². The Bertz CT molecular complexity index is 55.2. The van der Waals surface area contributed by atoms with Crippen molar-refractivity contribution in [1.82, 2.24) is 0 Å². The van der Waals surface area contributed by atoms with Gasteiger partial charge in [0.15, 0.2) is 0 Å². The first-order valence-electron chi connectivity index (χ1n) is 3.27. The van der Waals surface area contributed by atoms with Gasteiger partial charge in [0.05, 0.1) is 0 Å². The molecule has 1 N–H and O–H groups in total. The molecule has 1 atom stereocenters. The largest absolute Gasteiger partial charge is 0.396 e. The van der Waals surface area contributed by atoms with E-state index in [0.29, 0.717) is 12.5 Å². The zero-order valence-corrected chi connectivity index (χ0v) is 13.1. The first kappa shape index (κ1) is 16.0. The van der Waals surface area contributed by atoms with Crippen LogP contribution in [0.2, 0.25) is 0 Å². The molecule has 2 heteroatoms. The molecular weight excluding hydrogens is 379 g/mol. The van der Waals surface area contributed by atoms with Crippen LogP contribution in [0.15, 0.2) is 0 Å². The zero-order chi connectivity index (χ0) is 6.57. The number of aliphatic hydroxyl groups is 1. The average molecular weight is 399 g/mol. The quantitative estimate of drug-likeness (QED) is 0.773. The molecule has 0 aliphatic heterocycles. The molecule has 0 radical (unpaired) electrons. The SMILES string of the molecule is C.CC(C)CC(C)CO.[Rf]. The smallest absolute Gasteiger partial charge is 0.0456 e. The van der Waals surface area contributed by atoms with Crippen molar-refractivity contribution in [1.29, 1.82) is 0 Å². The summed E-state index contributed by atoms with van der Waals surface area (Å²) in [5.41, 5.74) is 0. The number of hydrogen-bond donors (Lipinski definition) is 1. The summed E-state index contributed by atoms with van der Waals surface area (Å²) in [6, 6.07) is 0. The Labute approximate surface area is 59.1 Å². The molecule has 0 heterocycles. The van der Waals surface area contributed by atoms with Crippen molar-refractivity contribution in [3.8, 4) is 0 Å². The van der Waals surface area contributed by atoms with E-state index in [2.05, 4.69) is 20.8 Å². The van der Waals surface area contributed by atoms with Gasteiger partial charge in [-0.15, -0.1) is 0 Å². The Morgan fingerprint density at radius 2 is 1.60 bits per heavy atom. The van der Waals surface area contributed by atoms with E-state index in [9.17, 15) is 0 Å². The molecule has 0 saturated heterocycles. The van der Waals surface area contributed by atoms with Gasteiger partial charge in [0.25, 0.3) is 0 Å². The monoisotopic (exact) mass is 399 g/mol. The van der Waals surface area contributed by atoms with Crippen LogP contribution in [0.5, 0.6) is 0 Å². The van der Waals surface area contributed by atoms with Crippen molar-refractivity contribution >= 4 is 0 Å². The van der Waals surface area contributed by atoms with Crippen LogP contribution in [-0.2, 0) is 0 Å². The van der Waals surface area contributed by atoms with E-state index < -0.39 is 0 Å². The fraction of sp³-hybridized carbons (Fsp3) is 1.00. The molecular formula is C8H20ORf. The van der Waals surface area contributed by atoms with E-state index in [4.69, 9.17) is 5.11 Å². The Morgan fingerprint density at radius 1 is 1.20 bits per heavy atom. The summed E-state index contributed by atoms with van der Waals surface area (Å²) in [6.07, 6.45) is 1.14. The van der Waals surface area contributed by atoms with Gasteiger partial charge in [0.1, 0.15) is 0 Å². The maximum absolute atomic E-state index is 8.58. The van der Waals surface area contributed by atoms with E-state index in [1.807, 2.05) is 0 Å². The first-order valence-corrected chi connectivity index (χ1v) is 3.27. The second-order valence-electron chi connectivity index (χ2n) is 2.92.